The molecule has 0 unspecified atom stereocenters. The van der Waals surface area contributed by atoms with E-state index in [1.807, 2.05) is 0 Å². The van der Waals surface area contributed by atoms with E-state index in [1.165, 1.54) is 4.31 Å². The first-order valence-corrected chi connectivity index (χ1v) is 8.17. The van der Waals surface area contributed by atoms with E-state index >= 15 is 0 Å². The van der Waals surface area contributed by atoms with Gasteiger partial charge in [-0.15, -0.1) is 0 Å². The number of ether oxygens (including phenoxy) is 1. The van der Waals surface area contributed by atoms with Crippen LogP contribution in [0.5, 0.6) is 5.75 Å². The Bertz CT molecular complexity index is 567. The Hall–Kier alpha value is -1.18. The van der Waals surface area contributed by atoms with Crippen LogP contribution in [0.2, 0.25) is 0 Å². The Labute approximate surface area is 118 Å². The lowest BCUT2D eigenvalue weighted by atomic mass is 9.72. The largest absolute Gasteiger partial charge is 0.490 e. The molecule has 0 radical (unpaired) electrons. The van der Waals surface area contributed by atoms with Crippen LogP contribution in [0, 0.1) is 5.92 Å². The normalized spacial score (nSPS) is 30.4. The number of pyridine rings is 1. The first-order valence-electron chi connectivity index (χ1n) is 6.78. The molecule has 1 N–H and O–H groups in total. The summed E-state index contributed by atoms with van der Waals surface area (Å²) in [6, 6.07) is 3.56. The van der Waals surface area contributed by atoms with Crippen molar-refractivity contribution in [2.45, 2.75) is 31.2 Å². The predicted octanol–water partition coefficient (Wildman–Crippen LogP) is 1.51. The molecule has 1 aromatic rings. The number of hydrogen-bond donors (Lipinski definition) is 1. The average Bonchev–Trinajstić information content (AvgIpc) is 2.46. The Balaban J connectivity index is 1.80. The molecule has 1 aromatic heterocycles. The van der Waals surface area contributed by atoms with Gasteiger partial charge < -0.3 is 4.74 Å². The number of hydrogen-bond acceptors (Lipinski definition) is 4. The summed E-state index contributed by atoms with van der Waals surface area (Å²) in [5, 5.41) is 0. The molecule has 0 aromatic carbocycles. The van der Waals surface area contributed by atoms with Gasteiger partial charge in [-0.25, -0.2) is 0 Å². The zero-order valence-electron chi connectivity index (χ0n) is 11.1. The molecule has 3 heterocycles. The van der Waals surface area contributed by atoms with Crippen molar-refractivity contribution in [1.82, 2.24) is 9.29 Å². The standard InChI is InChI=1S/C13H18N2O4S/c16-20(17,18)15-9-11-3-5-13(15,6-4-11)10-19-12-2-1-7-14-8-12/h1-2,7-8,11H,3-6,9-10H2,(H,16,17,18). The fourth-order valence-electron chi connectivity index (χ4n) is 3.28. The van der Waals surface area contributed by atoms with Crippen molar-refractivity contribution in [2.24, 2.45) is 5.92 Å². The molecular weight excluding hydrogens is 280 g/mol. The van der Waals surface area contributed by atoms with Crippen molar-refractivity contribution in [2.75, 3.05) is 13.2 Å². The monoisotopic (exact) mass is 298 g/mol. The average molecular weight is 298 g/mol. The third-order valence-electron chi connectivity index (χ3n) is 4.41. The first-order chi connectivity index (χ1) is 9.50. The number of aromatic nitrogens is 1. The minimum atomic E-state index is -4.18. The molecule has 110 valence electrons. The number of rotatable bonds is 4. The number of fused-ring (bicyclic) bond motifs is 3. The molecule has 20 heavy (non-hydrogen) atoms. The second kappa shape index (κ2) is 4.98. The molecule has 7 heteroatoms. The summed E-state index contributed by atoms with van der Waals surface area (Å²) in [6.45, 7) is 0.653. The van der Waals surface area contributed by atoms with E-state index in [9.17, 15) is 13.0 Å². The van der Waals surface area contributed by atoms with Gasteiger partial charge in [0, 0.05) is 12.7 Å². The fraction of sp³-hybridized carbons (Fsp3) is 0.615. The summed E-state index contributed by atoms with van der Waals surface area (Å²) in [5.74, 6) is 0.974. The highest BCUT2D eigenvalue weighted by Gasteiger charge is 2.51. The minimum absolute atomic E-state index is 0.255. The number of piperidine rings is 2. The Kier molecular flexibility index (Phi) is 3.43. The topological polar surface area (TPSA) is 79.7 Å². The van der Waals surface area contributed by atoms with Crippen LogP contribution >= 0.6 is 0 Å². The quantitative estimate of drug-likeness (QED) is 0.852. The van der Waals surface area contributed by atoms with Crippen LogP contribution in [0.25, 0.3) is 0 Å². The summed E-state index contributed by atoms with van der Waals surface area (Å²) < 4.78 is 39.6. The van der Waals surface area contributed by atoms with Gasteiger partial charge in [0.2, 0.25) is 0 Å². The highest BCUT2D eigenvalue weighted by molar-refractivity contribution is 7.83. The molecule has 4 rings (SSSR count). The molecule has 0 atom stereocenters. The lowest BCUT2D eigenvalue weighted by Gasteiger charge is -2.51. The van der Waals surface area contributed by atoms with E-state index in [1.54, 1.807) is 24.5 Å². The van der Waals surface area contributed by atoms with E-state index in [4.69, 9.17) is 4.74 Å². The summed E-state index contributed by atoms with van der Waals surface area (Å²) in [4.78, 5) is 3.97. The molecule has 1 aliphatic carbocycles. The van der Waals surface area contributed by atoms with Crippen molar-refractivity contribution in [3.63, 3.8) is 0 Å². The molecule has 3 aliphatic rings. The Morgan fingerprint density at radius 3 is 2.80 bits per heavy atom. The lowest BCUT2D eigenvalue weighted by molar-refractivity contribution is -0.0103. The second-order valence-electron chi connectivity index (χ2n) is 5.65. The van der Waals surface area contributed by atoms with E-state index in [0.717, 1.165) is 25.7 Å². The zero-order valence-corrected chi connectivity index (χ0v) is 11.9. The van der Waals surface area contributed by atoms with Gasteiger partial charge in [-0.2, -0.15) is 12.7 Å². The summed E-state index contributed by atoms with van der Waals surface area (Å²) in [7, 11) is -4.18. The summed E-state index contributed by atoms with van der Waals surface area (Å²) >= 11 is 0. The van der Waals surface area contributed by atoms with Gasteiger partial charge in [0.05, 0.1) is 11.7 Å². The van der Waals surface area contributed by atoms with Crippen molar-refractivity contribution in [1.29, 1.82) is 0 Å². The van der Waals surface area contributed by atoms with Crippen LogP contribution in [0.4, 0.5) is 0 Å². The molecule has 3 fully saturated rings. The van der Waals surface area contributed by atoms with E-state index in [2.05, 4.69) is 4.98 Å². The maximum absolute atomic E-state index is 11.6. The molecule has 2 bridgehead atoms. The van der Waals surface area contributed by atoms with Crippen LogP contribution in [0.3, 0.4) is 0 Å². The molecule has 2 aliphatic heterocycles. The third kappa shape index (κ3) is 2.53. The smallest absolute Gasteiger partial charge is 0.336 e. The van der Waals surface area contributed by atoms with Gasteiger partial charge in [-0.3, -0.25) is 9.54 Å². The lowest BCUT2D eigenvalue weighted by Crippen LogP contribution is -2.62. The Morgan fingerprint density at radius 1 is 1.45 bits per heavy atom. The zero-order chi connectivity index (χ0) is 14.2. The van der Waals surface area contributed by atoms with Crippen molar-refractivity contribution in [3.05, 3.63) is 24.5 Å². The molecule has 1 saturated carbocycles. The molecular formula is C13H18N2O4S. The van der Waals surface area contributed by atoms with Crippen LogP contribution < -0.4 is 4.74 Å². The van der Waals surface area contributed by atoms with Gasteiger partial charge >= 0.3 is 10.3 Å². The molecule has 0 amide bonds. The third-order valence-corrected chi connectivity index (χ3v) is 5.50. The second-order valence-corrected chi connectivity index (χ2v) is 6.99. The minimum Gasteiger partial charge on any atom is -0.490 e. The van der Waals surface area contributed by atoms with Crippen molar-refractivity contribution < 1.29 is 17.7 Å². The molecule has 0 spiro atoms. The van der Waals surface area contributed by atoms with Gasteiger partial charge in [-0.05, 0) is 43.7 Å². The number of nitrogens with zero attached hydrogens (tertiary/aromatic N) is 2. The van der Waals surface area contributed by atoms with E-state index in [-0.39, 0.29) is 6.61 Å². The van der Waals surface area contributed by atoms with Crippen LogP contribution in [0.1, 0.15) is 25.7 Å². The highest BCUT2D eigenvalue weighted by Crippen LogP contribution is 2.44. The van der Waals surface area contributed by atoms with Crippen LogP contribution in [-0.4, -0.2) is 41.0 Å². The SMILES string of the molecule is O=S(=O)(O)N1CC2CCC1(COc1cccnc1)CC2. The van der Waals surface area contributed by atoms with Crippen molar-refractivity contribution >= 4 is 10.3 Å². The van der Waals surface area contributed by atoms with Gasteiger partial charge in [0.1, 0.15) is 12.4 Å². The van der Waals surface area contributed by atoms with Crippen molar-refractivity contribution in [3.8, 4) is 5.75 Å². The Morgan fingerprint density at radius 2 is 2.20 bits per heavy atom. The highest BCUT2D eigenvalue weighted by atomic mass is 32.2. The maximum Gasteiger partial charge on any atom is 0.336 e. The van der Waals surface area contributed by atoms with Crippen LogP contribution in [0.15, 0.2) is 24.5 Å². The predicted molar refractivity (Wildman–Crippen MR) is 72.7 cm³/mol. The summed E-state index contributed by atoms with van der Waals surface area (Å²) in [6.07, 6.45) is 6.70. The molecule has 2 saturated heterocycles. The summed E-state index contributed by atoms with van der Waals surface area (Å²) in [5.41, 5.74) is -0.613. The maximum atomic E-state index is 11.6. The van der Waals surface area contributed by atoms with Gasteiger partial charge in [0.25, 0.3) is 0 Å². The first kappa shape index (κ1) is 13.8. The van der Waals surface area contributed by atoms with Gasteiger partial charge in [0.15, 0.2) is 0 Å². The molecule has 6 nitrogen and oxygen atoms in total. The fourth-order valence-corrected chi connectivity index (χ4v) is 4.40. The van der Waals surface area contributed by atoms with E-state index in [0.29, 0.717) is 18.2 Å². The van der Waals surface area contributed by atoms with Crippen LogP contribution in [-0.2, 0) is 10.3 Å². The van der Waals surface area contributed by atoms with E-state index < -0.39 is 15.8 Å². The van der Waals surface area contributed by atoms with Gasteiger partial charge in [-0.1, -0.05) is 0 Å².